The summed E-state index contributed by atoms with van der Waals surface area (Å²) >= 11 is 0. The first-order valence-electron chi connectivity index (χ1n) is 7.70. The van der Waals surface area contributed by atoms with Crippen LogP contribution < -0.4 is 15.0 Å². The number of hydrogen-bond acceptors (Lipinski definition) is 6. The predicted molar refractivity (Wildman–Crippen MR) is 89.4 cm³/mol. The normalized spacial score (nSPS) is 14.4. The maximum atomic E-state index is 5.19. The van der Waals surface area contributed by atoms with E-state index in [1.54, 1.807) is 13.3 Å². The molecule has 7 nitrogen and oxygen atoms in total. The number of methoxy groups -OCH3 is 1. The molecule has 1 aromatic carbocycles. The number of aromatic nitrogens is 4. The maximum Gasteiger partial charge on any atom is 0.229 e. The van der Waals surface area contributed by atoms with Crippen molar-refractivity contribution < 1.29 is 4.74 Å². The Morgan fingerprint density at radius 2 is 1.91 bits per heavy atom. The Morgan fingerprint density at radius 1 is 1.13 bits per heavy atom. The second-order valence-electron chi connectivity index (χ2n) is 5.55. The average molecular weight is 310 g/mol. The molecule has 0 saturated carbocycles. The smallest absolute Gasteiger partial charge is 0.229 e. The molecule has 0 unspecified atom stereocenters. The van der Waals surface area contributed by atoms with E-state index in [9.17, 15) is 0 Å². The monoisotopic (exact) mass is 310 g/mol. The highest BCUT2D eigenvalue weighted by atomic mass is 16.5. The number of aromatic amines is 1. The zero-order valence-corrected chi connectivity index (χ0v) is 12.9. The van der Waals surface area contributed by atoms with Crippen molar-refractivity contribution in [3.05, 3.63) is 30.5 Å². The number of benzene rings is 1. The van der Waals surface area contributed by atoms with Crippen molar-refractivity contribution in [1.82, 2.24) is 20.2 Å². The number of hydrogen-bond donors (Lipinski definition) is 2. The van der Waals surface area contributed by atoms with Crippen LogP contribution in [0.1, 0.15) is 12.8 Å². The van der Waals surface area contributed by atoms with Gasteiger partial charge in [0.05, 0.1) is 18.7 Å². The molecular formula is C16H18N6O. The summed E-state index contributed by atoms with van der Waals surface area (Å²) in [7, 11) is 1.66. The highest BCUT2D eigenvalue weighted by Gasteiger charge is 2.18. The second-order valence-corrected chi connectivity index (χ2v) is 5.55. The zero-order valence-electron chi connectivity index (χ0n) is 12.9. The highest BCUT2D eigenvalue weighted by molar-refractivity contribution is 5.89. The van der Waals surface area contributed by atoms with Gasteiger partial charge in [0, 0.05) is 18.8 Å². The summed E-state index contributed by atoms with van der Waals surface area (Å²) in [5, 5.41) is 11.3. The molecule has 3 heterocycles. The Bertz CT molecular complexity index is 807. The molecule has 0 radical (unpaired) electrons. The Hall–Kier alpha value is -2.83. The van der Waals surface area contributed by atoms with E-state index in [1.165, 1.54) is 12.8 Å². The van der Waals surface area contributed by atoms with Gasteiger partial charge in [-0.1, -0.05) is 0 Å². The van der Waals surface area contributed by atoms with Gasteiger partial charge >= 0.3 is 0 Å². The molecule has 3 aromatic rings. The first-order chi connectivity index (χ1) is 11.3. The van der Waals surface area contributed by atoms with Crippen LogP contribution in [0.4, 0.5) is 17.5 Å². The third-order valence-electron chi connectivity index (χ3n) is 4.04. The summed E-state index contributed by atoms with van der Waals surface area (Å²) in [5.74, 6) is 2.33. The van der Waals surface area contributed by atoms with E-state index in [2.05, 4.69) is 25.4 Å². The Balaban J connectivity index is 1.70. The van der Waals surface area contributed by atoms with Gasteiger partial charge in [0.15, 0.2) is 5.65 Å². The van der Waals surface area contributed by atoms with Crippen molar-refractivity contribution in [1.29, 1.82) is 0 Å². The zero-order chi connectivity index (χ0) is 15.6. The molecule has 1 saturated heterocycles. The molecular weight excluding hydrogens is 292 g/mol. The number of H-pyrrole nitrogens is 1. The van der Waals surface area contributed by atoms with Gasteiger partial charge in [0.2, 0.25) is 5.95 Å². The molecule has 1 aliphatic heterocycles. The van der Waals surface area contributed by atoms with Crippen molar-refractivity contribution in [2.45, 2.75) is 12.8 Å². The fraction of sp³-hybridized carbons (Fsp3) is 0.312. The SMILES string of the molecule is COc1ccc(Nc2nc(N3CCCC3)nc3[nH]ncc23)cc1. The van der Waals surface area contributed by atoms with Gasteiger partial charge in [-0.25, -0.2) is 0 Å². The first kappa shape index (κ1) is 13.8. The minimum atomic E-state index is 0.746. The summed E-state index contributed by atoms with van der Waals surface area (Å²) in [6.45, 7) is 2.00. The van der Waals surface area contributed by atoms with Crippen LogP contribution in [0.3, 0.4) is 0 Å². The van der Waals surface area contributed by atoms with Crippen LogP contribution in [0.25, 0.3) is 11.0 Å². The van der Waals surface area contributed by atoms with Gasteiger partial charge in [0.1, 0.15) is 11.6 Å². The summed E-state index contributed by atoms with van der Waals surface area (Å²) in [5.41, 5.74) is 1.69. The van der Waals surface area contributed by atoms with Crippen LogP contribution in [0.5, 0.6) is 5.75 Å². The second kappa shape index (κ2) is 5.75. The van der Waals surface area contributed by atoms with Gasteiger partial charge < -0.3 is 15.0 Å². The molecule has 0 spiro atoms. The lowest BCUT2D eigenvalue weighted by Gasteiger charge is -2.16. The van der Waals surface area contributed by atoms with Crippen LogP contribution in [0, 0.1) is 0 Å². The van der Waals surface area contributed by atoms with Gasteiger partial charge in [-0.2, -0.15) is 15.1 Å². The van der Waals surface area contributed by atoms with Gasteiger partial charge in [-0.05, 0) is 37.1 Å². The third kappa shape index (κ3) is 2.65. The van der Waals surface area contributed by atoms with Crippen molar-refractivity contribution in [3.63, 3.8) is 0 Å². The first-order valence-corrected chi connectivity index (χ1v) is 7.70. The van der Waals surface area contributed by atoms with Crippen molar-refractivity contribution in [2.75, 3.05) is 30.4 Å². The fourth-order valence-corrected chi connectivity index (χ4v) is 2.79. The molecule has 2 aromatic heterocycles. The molecule has 4 rings (SSSR count). The van der Waals surface area contributed by atoms with E-state index >= 15 is 0 Å². The summed E-state index contributed by atoms with van der Waals surface area (Å²) in [6.07, 6.45) is 4.12. The number of anilines is 3. The summed E-state index contributed by atoms with van der Waals surface area (Å²) in [4.78, 5) is 11.5. The maximum absolute atomic E-state index is 5.19. The van der Waals surface area contributed by atoms with Gasteiger partial charge in [-0.3, -0.25) is 5.10 Å². The minimum Gasteiger partial charge on any atom is -0.497 e. The minimum absolute atomic E-state index is 0.746. The number of nitrogens with zero attached hydrogens (tertiary/aromatic N) is 4. The molecule has 7 heteroatoms. The standard InChI is InChI=1S/C16H18N6O/c1-23-12-6-4-11(5-7-12)18-14-13-10-17-21-15(13)20-16(19-14)22-8-2-3-9-22/h4-7,10H,2-3,8-9H2,1H3,(H2,17,18,19,20,21). The largest absolute Gasteiger partial charge is 0.497 e. The molecule has 0 amide bonds. The van der Waals surface area contributed by atoms with E-state index < -0.39 is 0 Å². The Kier molecular flexibility index (Phi) is 3.45. The topological polar surface area (TPSA) is 79.0 Å². The summed E-state index contributed by atoms with van der Waals surface area (Å²) < 4.78 is 5.19. The quantitative estimate of drug-likeness (QED) is 0.771. The number of fused-ring (bicyclic) bond motifs is 1. The van der Waals surface area contributed by atoms with E-state index in [-0.39, 0.29) is 0 Å². The van der Waals surface area contributed by atoms with Gasteiger partial charge in [-0.15, -0.1) is 0 Å². The molecule has 1 fully saturated rings. The molecule has 0 atom stereocenters. The third-order valence-corrected chi connectivity index (χ3v) is 4.04. The van der Waals surface area contributed by atoms with Crippen molar-refractivity contribution in [3.8, 4) is 5.75 Å². The van der Waals surface area contributed by atoms with Crippen molar-refractivity contribution >= 4 is 28.5 Å². The Labute approximate surface area is 133 Å². The lowest BCUT2D eigenvalue weighted by Crippen LogP contribution is -2.20. The van der Waals surface area contributed by atoms with Crippen LogP contribution in [0.2, 0.25) is 0 Å². The van der Waals surface area contributed by atoms with E-state index in [0.29, 0.717) is 0 Å². The molecule has 23 heavy (non-hydrogen) atoms. The average Bonchev–Trinajstić information content (AvgIpc) is 3.27. The van der Waals surface area contributed by atoms with Gasteiger partial charge in [0.25, 0.3) is 0 Å². The Morgan fingerprint density at radius 3 is 2.65 bits per heavy atom. The number of rotatable bonds is 4. The molecule has 1 aliphatic rings. The molecule has 2 N–H and O–H groups in total. The predicted octanol–water partition coefficient (Wildman–Crippen LogP) is 2.71. The van der Waals surface area contributed by atoms with Crippen LogP contribution >= 0.6 is 0 Å². The van der Waals surface area contributed by atoms with Crippen LogP contribution in [0.15, 0.2) is 30.5 Å². The van der Waals surface area contributed by atoms with E-state index in [1.807, 2.05) is 24.3 Å². The van der Waals surface area contributed by atoms with Crippen LogP contribution in [-0.4, -0.2) is 40.4 Å². The van der Waals surface area contributed by atoms with E-state index in [4.69, 9.17) is 9.72 Å². The fourth-order valence-electron chi connectivity index (χ4n) is 2.79. The lowest BCUT2D eigenvalue weighted by atomic mass is 10.3. The van der Waals surface area contributed by atoms with E-state index in [0.717, 1.165) is 47.3 Å². The number of nitrogens with one attached hydrogen (secondary N) is 2. The highest BCUT2D eigenvalue weighted by Crippen LogP contribution is 2.27. The number of ether oxygens (including phenoxy) is 1. The molecule has 118 valence electrons. The van der Waals surface area contributed by atoms with Crippen molar-refractivity contribution in [2.24, 2.45) is 0 Å². The lowest BCUT2D eigenvalue weighted by molar-refractivity contribution is 0.415. The molecule has 0 bridgehead atoms. The summed E-state index contributed by atoms with van der Waals surface area (Å²) in [6, 6.07) is 7.75. The van der Waals surface area contributed by atoms with Crippen LogP contribution in [-0.2, 0) is 0 Å². The molecule has 0 aliphatic carbocycles.